The summed E-state index contributed by atoms with van der Waals surface area (Å²) in [6.45, 7) is 0. The summed E-state index contributed by atoms with van der Waals surface area (Å²) in [6, 6.07) is 7.01. The Bertz CT molecular complexity index is 372. The lowest BCUT2D eigenvalue weighted by atomic mass is 10.2. The average Bonchev–Trinajstić information content (AvgIpc) is 2.02. The summed E-state index contributed by atoms with van der Waals surface area (Å²) in [5.74, 6) is -0.0331. The predicted molar refractivity (Wildman–Crippen MR) is 53.1 cm³/mol. The fourth-order valence-electron chi connectivity index (χ4n) is 0.911. The summed E-state index contributed by atoms with van der Waals surface area (Å²) in [5.41, 5.74) is 0.915. The van der Waals surface area contributed by atoms with Gasteiger partial charge in [0.05, 0.1) is 5.75 Å². The second-order valence-corrected chi connectivity index (χ2v) is 4.91. The smallest absolute Gasteiger partial charge is 0.209 e. The summed E-state index contributed by atoms with van der Waals surface area (Å²) >= 11 is 5.66. The Labute approximate surface area is 82.6 Å². The number of sulfonamides is 1. The van der Waals surface area contributed by atoms with Gasteiger partial charge in [0.15, 0.2) is 0 Å². The highest BCUT2D eigenvalue weighted by molar-refractivity contribution is 7.89. The van der Waals surface area contributed by atoms with Gasteiger partial charge in [-0.2, -0.15) is 0 Å². The topological polar surface area (TPSA) is 60.2 Å². The number of hydrogen-bond acceptors (Lipinski definition) is 2. The molecule has 72 valence electrons. The van der Waals surface area contributed by atoms with Gasteiger partial charge in [0, 0.05) is 5.02 Å². The van der Waals surface area contributed by atoms with Crippen LogP contribution in [0.15, 0.2) is 24.3 Å². The van der Waals surface area contributed by atoms with E-state index in [1.807, 2.05) is 0 Å². The van der Waals surface area contributed by atoms with E-state index >= 15 is 0 Å². The van der Waals surface area contributed by atoms with E-state index in [0.717, 1.165) is 5.56 Å². The van der Waals surface area contributed by atoms with Crippen molar-refractivity contribution in [1.29, 1.82) is 0 Å². The first-order chi connectivity index (χ1) is 5.97. The van der Waals surface area contributed by atoms with Crippen molar-refractivity contribution in [1.82, 2.24) is 0 Å². The highest BCUT2D eigenvalue weighted by atomic mass is 35.5. The van der Waals surface area contributed by atoms with Crippen LogP contribution in [0.4, 0.5) is 0 Å². The molecule has 13 heavy (non-hydrogen) atoms. The summed E-state index contributed by atoms with van der Waals surface area (Å²) in [7, 11) is -3.37. The van der Waals surface area contributed by atoms with Crippen molar-refractivity contribution in [2.75, 3.05) is 5.75 Å². The van der Waals surface area contributed by atoms with E-state index in [1.165, 1.54) is 0 Å². The lowest BCUT2D eigenvalue weighted by molar-refractivity contribution is 0.597. The van der Waals surface area contributed by atoms with Crippen LogP contribution in [-0.2, 0) is 16.4 Å². The third kappa shape index (κ3) is 4.26. The van der Waals surface area contributed by atoms with Crippen LogP contribution >= 0.6 is 11.6 Å². The zero-order valence-electron chi connectivity index (χ0n) is 6.90. The molecule has 0 radical (unpaired) electrons. The number of aryl methyl sites for hydroxylation is 1. The zero-order valence-corrected chi connectivity index (χ0v) is 8.48. The molecule has 0 amide bonds. The summed E-state index contributed by atoms with van der Waals surface area (Å²) < 4.78 is 21.2. The van der Waals surface area contributed by atoms with Crippen LogP contribution in [0.25, 0.3) is 0 Å². The summed E-state index contributed by atoms with van der Waals surface area (Å²) in [4.78, 5) is 0. The molecule has 1 aromatic rings. The van der Waals surface area contributed by atoms with Gasteiger partial charge in [-0.3, -0.25) is 0 Å². The first-order valence-corrected chi connectivity index (χ1v) is 5.81. The molecule has 0 aromatic heterocycles. The molecular weight excluding hydrogens is 210 g/mol. The maximum Gasteiger partial charge on any atom is 0.209 e. The normalized spacial score (nSPS) is 11.5. The minimum Gasteiger partial charge on any atom is -0.229 e. The van der Waals surface area contributed by atoms with Crippen LogP contribution in [0, 0.1) is 0 Å². The zero-order chi connectivity index (χ0) is 9.90. The largest absolute Gasteiger partial charge is 0.229 e. The predicted octanol–water partition coefficient (Wildman–Crippen LogP) is 1.17. The van der Waals surface area contributed by atoms with Gasteiger partial charge in [-0.15, -0.1) is 0 Å². The van der Waals surface area contributed by atoms with Crippen molar-refractivity contribution in [2.24, 2.45) is 5.14 Å². The SMILES string of the molecule is NS(=O)(=O)CCc1ccc(Cl)cc1. The number of primary sulfonamides is 1. The van der Waals surface area contributed by atoms with E-state index in [4.69, 9.17) is 16.7 Å². The minimum absolute atomic E-state index is 0.0331. The van der Waals surface area contributed by atoms with Gasteiger partial charge < -0.3 is 0 Å². The maximum absolute atomic E-state index is 10.6. The molecule has 0 atom stereocenters. The highest BCUT2D eigenvalue weighted by Gasteiger charge is 2.02. The molecular formula is C8H10ClNO2S. The van der Waals surface area contributed by atoms with Gasteiger partial charge in [0.2, 0.25) is 10.0 Å². The number of halogens is 1. The van der Waals surface area contributed by atoms with Gasteiger partial charge >= 0.3 is 0 Å². The molecule has 0 aliphatic carbocycles. The van der Waals surface area contributed by atoms with Gasteiger partial charge in [-0.1, -0.05) is 23.7 Å². The van der Waals surface area contributed by atoms with E-state index in [2.05, 4.69) is 0 Å². The van der Waals surface area contributed by atoms with E-state index < -0.39 is 10.0 Å². The van der Waals surface area contributed by atoms with E-state index in [-0.39, 0.29) is 5.75 Å². The molecule has 0 unspecified atom stereocenters. The Hall–Kier alpha value is -0.580. The van der Waals surface area contributed by atoms with Crippen LogP contribution in [0.3, 0.4) is 0 Å². The number of hydrogen-bond donors (Lipinski definition) is 1. The third-order valence-corrected chi connectivity index (χ3v) is 2.61. The monoisotopic (exact) mass is 219 g/mol. The van der Waals surface area contributed by atoms with Crippen LogP contribution in [0.2, 0.25) is 5.02 Å². The Morgan fingerprint density at radius 1 is 1.23 bits per heavy atom. The molecule has 0 spiro atoms. The standard InChI is InChI=1S/C8H10ClNO2S/c9-8-3-1-7(2-4-8)5-6-13(10,11)12/h1-4H,5-6H2,(H2,10,11,12). The number of nitrogens with two attached hydrogens (primary N) is 1. The lowest BCUT2D eigenvalue weighted by Crippen LogP contribution is -2.17. The molecule has 0 bridgehead atoms. The molecule has 0 aliphatic rings. The Kier molecular flexibility index (Phi) is 3.30. The van der Waals surface area contributed by atoms with Crippen molar-refractivity contribution < 1.29 is 8.42 Å². The van der Waals surface area contributed by atoms with Crippen molar-refractivity contribution >= 4 is 21.6 Å². The van der Waals surface area contributed by atoms with Gasteiger partial charge in [-0.25, -0.2) is 13.6 Å². The van der Waals surface area contributed by atoms with Crippen LogP contribution in [0.5, 0.6) is 0 Å². The molecule has 0 heterocycles. The number of rotatable bonds is 3. The fraction of sp³-hybridized carbons (Fsp3) is 0.250. The third-order valence-electron chi connectivity index (χ3n) is 1.59. The first kappa shape index (κ1) is 10.5. The van der Waals surface area contributed by atoms with Crippen LogP contribution in [-0.4, -0.2) is 14.2 Å². The second-order valence-electron chi connectivity index (χ2n) is 2.74. The Morgan fingerprint density at radius 3 is 2.23 bits per heavy atom. The fourth-order valence-corrected chi connectivity index (χ4v) is 1.56. The molecule has 0 saturated carbocycles. The van der Waals surface area contributed by atoms with Gasteiger partial charge in [0.1, 0.15) is 0 Å². The first-order valence-electron chi connectivity index (χ1n) is 3.72. The Morgan fingerprint density at radius 2 is 1.77 bits per heavy atom. The average molecular weight is 220 g/mol. The molecule has 0 saturated heterocycles. The molecule has 3 nitrogen and oxygen atoms in total. The van der Waals surface area contributed by atoms with Crippen molar-refractivity contribution in [3.8, 4) is 0 Å². The van der Waals surface area contributed by atoms with Gasteiger partial charge in [-0.05, 0) is 24.1 Å². The quantitative estimate of drug-likeness (QED) is 0.830. The molecule has 1 rings (SSSR count). The van der Waals surface area contributed by atoms with Crippen molar-refractivity contribution in [3.05, 3.63) is 34.9 Å². The maximum atomic E-state index is 10.6. The lowest BCUT2D eigenvalue weighted by Gasteiger charge is -1.99. The molecule has 1 aromatic carbocycles. The molecule has 2 N–H and O–H groups in total. The van der Waals surface area contributed by atoms with E-state index in [1.54, 1.807) is 24.3 Å². The summed E-state index contributed by atoms with van der Waals surface area (Å²) in [5, 5.41) is 5.50. The van der Waals surface area contributed by atoms with E-state index in [9.17, 15) is 8.42 Å². The second kappa shape index (κ2) is 4.09. The summed E-state index contributed by atoms with van der Waals surface area (Å²) in [6.07, 6.45) is 0.427. The molecule has 0 fully saturated rings. The Balaban J connectivity index is 2.61. The minimum atomic E-state index is -3.37. The van der Waals surface area contributed by atoms with Gasteiger partial charge in [0.25, 0.3) is 0 Å². The molecule has 0 aliphatic heterocycles. The highest BCUT2D eigenvalue weighted by Crippen LogP contribution is 2.09. The number of benzene rings is 1. The van der Waals surface area contributed by atoms with Crippen LogP contribution in [0.1, 0.15) is 5.56 Å². The van der Waals surface area contributed by atoms with Crippen molar-refractivity contribution in [2.45, 2.75) is 6.42 Å². The molecule has 5 heteroatoms. The van der Waals surface area contributed by atoms with Crippen molar-refractivity contribution in [3.63, 3.8) is 0 Å². The van der Waals surface area contributed by atoms with E-state index in [0.29, 0.717) is 11.4 Å². The van der Waals surface area contributed by atoms with Crippen LogP contribution < -0.4 is 5.14 Å².